The molecule has 0 unspecified atom stereocenters. The largest absolute Gasteiger partial charge is 0.451 e. The number of amides is 4. The minimum Gasteiger partial charge on any atom is -0.451 e. The van der Waals surface area contributed by atoms with Crippen molar-refractivity contribution in [3.05, 3.63) is 107 Å². The fourth-order valence-electron chi connectivity index (χ4n) is 12.3. The highest BCUT2D eigenvalue weighted by Crippen LogP contribution is 2.30. The molecule has 0 bridgehead atoms. The Morgan fingerprint density at radius 1 is 0.402 bits per heavy atom. The first-order valence-corrected chi connectivity index (χ1v) is 32.9. The van der Waals surface area contributed by atoms with Gasteiger partial charge in [0, 0.05) is 79.9 Å². The van der Waals surface area contributed by atoms with Gasteiger partial charge >= 0.3 is 23.9 Å². The Morgan fingerprint density at radius 2 is 0.674 bits per heavy atom. The molecule has 7 rings (SSSR count). The summed E-state index contributed by atoms with van der Waals surface area (Å²) in [6.07, 6.45) is 5.59. The van der Waals surface area contributed by atoms with E-state index >= 15 is 9.59 Å². The van der Waals surface area contributed by atoms with E-state index in [2.05, 4.69) is 22.6 Å². The molecule has 22 nitrogen and oxygen atoms in total. The van der Waals surface area contributed by atoms with Crippen molar-refractivity contribution in [1.82, 2.24) is 39.2 Å². The highest BCUT2D eigenvalue weighted by atomic mass is 16.6. The molecular weight excluding hydrogens is 1180 g/mol. The van der Waals surface area contributed by atoms with Crippen LogP contribution >= 0.6 is 0 Å². The average Bonchev–Trinajstić information content (AvgIpc) is 1.18. The van der Waals surface area contributed by atoms with Gasteiger partial charge in [-0.2, -0.15) is 10.2 Å². The van der Waals surface area contributed by atoms with Crippen LogP contribution in [0.15, 0.2) is 73.3 Å². The van der Waals surface area contributed by atoms with Gasteiger partial charge in [0.25, 0.3) is 23.6 Å². The van der Waals surface area contributed by atoms with Gasteiger partial charge in [-0.15, -0.1) is 0 Å². The first kappa shape index (κ1) is 72.0. The highest BCUT2D eigenvalue weighted by molar-refractivity contribution is 5.94. The molecule has 2 aromatic carbocycles. The molecule has 3 saturated heterocycles. The number of rotatable bonds is 18. The molecule has 3 fully saturated rings. The van der Waals surface area contributed by atoms with E-state index in [0.29, 0.717) is 62.5 Å². The summed E-state index contributed by atoms with van der Waals surface area (Å²) in [6.45, 7) is 21.4. The molecule has 3 aliphatic rings. The van der Waals surface area contributed by atoms with E-state index in [1.807, 2.05) is 126 Å². The Kier molecular flexibility index (Phi) is 26.1. The van der Waals surface area contributed by atoms with Crippen molar-refractivity contribution in [2.24, 2.45) is 23.7 Å². The van der Waals surface area contributed by atoms with Gasteiger partial charge in [-0.25, -0.2) is 19.2 Å². The standard InChI is InChI=1S/C70H100N8O14/c1-43(2)31-57-67(83)89-47(9)63(79)73(11)60(34-46(7)8)70(86)92-62(36-50-17-21-52(22-18-50)40-78-42-56(38-72-78)54-25-29-88-30-26-54)66(82)76(14)58(32-44(3)4)68(84)90-48(10)64(80)74(12)59(33-45(5)6)69(85)91-61(65(81)75(57)13)35-49-15-19-51(20-16-49)39-77-41-55(37-71-77)53-23-27-87-28-24-53/h15-22,37-38,41-48,53-54,57-62H,23-36,39-40H2,1-14H3/t47-,48-,57+,58+,59+,60+,61-,62-/m1/s1. The third-order valence-electron chi connectivity index (χ3n) is 17.7. The van der Waals surface area contributed by atoms with Gasteiger partial charge in [-0.3, -0.25) is 28.5 Å². The first-order chi connectivity index (χ1) is 43.7. The van der Waals surface area contributed by atoms with Crippen molar-refractivity contribution in [3.8, 4) is 0 Å². The lowest BCUT2D eigenvalue weighted by Gasteiger charge is -2.35. The lowest BCUT2D eigenvalue weighted by atomic mass is 9.94. The number of hydrogen-bond acceptors (Lipinski definition) is 16. The van der Waals surface area contributed by atoms with Gasteiger partial charge in [0.15, 0.2) is 24.4 Å². The molecule has 0 spiro atoms. The summed E-state index contributed by atoms with van der Waals surface area (Å²) in [7, 11) is 5.62. The zero-order valence-corrected chi connectivity index (χ0v) is 56.6. The van der Waals surface area contributed by atoms with Gasteiger partial charge < -0.3 is 48.0 Å². The minimum absolute atomic E-state index is 0.0790. The number of carbonyl (C=O) groups is 8. The molecule has 504 valence electrons. The number of esters is 4. The number of benzene rings is 2. The van der Waals surface area contributed by atoms with E-state index in [1.165, 1.54) is 51.8 Å². The molecule has 0 N–H and O–H groups in total. The number of carbonyl (C=O) groups excluding carboxylic acids is 8. The molecule has 22 heteroatoms. The Labute approximate surface area is 543 Å². The molecular formula is C70H100N8O14. The predicted octanol–water partition coefficient (Wildman–Crippen LogP) is 7.94. The van der Waals surface area contributed by atoms with Crippen molar-refractivity contribution < 1.29 is 66.8 Å². The number of hydrogen-bond donors (Lipinski definition) is 0. The summed E-state index contributed by atoms with van der Waals surface area (Å²) in [5, 5.41) is 9.24. The maximum atomic E-state index is 15.2. The van der Waals surface area contributed by atoms with Crippen molar-refractivity contribution >= 4 is 47.5 Å². The summed E-state index contributed by atoms with van der Waals surface area (Å²) in [4.78, 5) is 123. The van der Waals surface area contributed by atoms with Crippen LogP contribution in [0.2, 0.25) is 0 Å². The normalized spacial score (nSPS) is 24.2. The van der Waals surface area contributed by atoms with Crippen molar-refractivity contribution in [2.75, 3.05) is 54.6 Å². The molecule has 2 aromatic heterocycles. The molecule has 5 heterocycles. The van der Waals surface area contributed by atoms with E-state index in [4.69, 9.17) is 28.4 Å². The lowest BCUT2D eigenvalue weighted by Crippen LogP contribution is -2.55. The maximum Gasteiger partial charge on any atom is 0.329 e. The Bertz CT molecular complexity index is 2890. The van der Waals surface area contributed by atoms with Gasteiger partial charge in [-0.05, 0) is 134 Å². The van der Waals surface area contributed by atoms with E-state index in [9.17, 15) is 28.8 Å². The van der Waals surface area contributed by atoms with Crippen LogP contribution in [0, 0.1) is 23.7 Å². The fourth-order valence-corrected chi connectivity index (χ4v) is 12.3. The molecule has 0 aliphatic carbocycles. The van der Waals surface area contributed by atoms with E-state index in [1.54, 1.807) is 0 Å². The zero-order chi connectivity index (χ0) is 67.1. The van der Waals surface area contributed by atoms with Crippen LogP contribution in [0.5, 0.6) is 0 Å². The van der Waals surface area contributed by atoms with E-state index < -0.39 is 96.1 Å². The van der Waals surface area contributed by atoms with Crippen molar-refractivity contribution in [2.45, 2.75) is 207 Å². The van der Waals surface area contributed by atoms with Gasteiger partial charge in [0.05, 0.1) is 25.5 Å². The second kappa shape index (κ2) is 33.4. The fraction of sp³-hybridized carbons (Fsp3) is 0.629. The Balaban J connectivity index is 1.21. The van der Waals surface area contributed by atoms with Crippen LogP contribution in [-0.4, -0.2) is 190 Å². The summed E-state index contributed by atoms with van der Waals surface area (Å²) in [6, 6.07) is 9.77. The summed E-state index contributed by atoms with van der Waals surface area (Å²) in [5.74, 6) is -6.69. The van der Waals surface area contributed by atoms with Crippen molar-refractivity contribution in [3.63, 3.8) is 0 Å². The third kappa shape index (κ3) is 19.8. The van der Waals surface area contributed by atoms with Crippen LogP contribution in [0.3, 0.4) is 0 Å². The van der Waals surface area contributed by atoms with E-state index in [-0.39, 0.29) is 62.2 Å². The van der Waals surface area contributed by atoms with Crippen LogP contribution in [0.1, 0.15) is 166 Å². The van der Waals surface area contributed by atoms with E-state index in [0.717, 1.165) is 57.7 Å². The predicted molar refractivity (Wildman–Crippen MR) is 343 cm³/mol. The average molecular weight is 1280 g/mol. The topological polar surface area (TPSA) is 241 Å². The van der Waals surface area contributed by atoms with Gasteiger partial charge in [0.1, 0.15) is 24.2 Å². The number of ether oxygens (including phenoxy) is 6. The number of aromatic nitrogens is 4. The molecule has 3 aliphatic heterocycles. The van der Waals surface area contributed by atoms with Crippen molar-refractivity contribution in [1.29, 1.82) is 0 Å². The second-order valence-corrected chi connectivity index (χ2v) is 27.1. The molecule has 0 radical (unpaired) electrons. The van der Waals surface area contributed by atoms with Crippen LogP contribution in [0.25, 0.3) is 0 Å². The van der Waals surface area contributed by atoms with Gasteiger partial charge in [-0.1, -0.05) is 104 Å². The Morgan fingerprint density at radius 3 is 0.967 bits per heavy atom. The molecule has 0 saturated carbocycles. The molecule has 4 aromatic rings. The third-order valence-corrected chi connectivity index (χ3v) is 17.7. The summed E-state index contributed by atoms with van der Waals surface area (Å²) in [5.41, 5.74) is 5.41. The highest BCUT2D eigenvalue weighted by Gasteiger charge is 2.43. The van der Waals surface area contributed by atoms with Gasteiger partial charge in [0.2, 0.25) is 0 Å². The summed E-state index contributed by atoms with van der Waals surface area (Å²) < 4.78 is 39.3. The van der Waals surface area contributed by atoms with Crippen LogP contribution < -0.4 is 0 Å². The zero-order valence-electron chi connectivity index (χ0n) is 56.6. The number of nitrogens with zero attached hydrogens (tertiary/aromatic N) is 8. The summed E-state index contributed by atoms with van der Waals surface area (Å²) >= 11 is 0. The number of likely N-dealkylation sites (N-methyl/N-ethyl adjacent to an activating group) is 4. The van der Waals surface area contributed by atoms with Crippen LogP contribution in [0.4, 0.5) is 0 Å². The monoisotopic (exact) mass is 1280 g/mol. The number of cyclic esters (lactones) is 4. The minimum atomic E-state index is -1.54. The maximum absolute atomic E-state index is 15.2. The SMILES string of the molecule is CC(C)C[C@H]1C(=O)O[C@H](Cc2ccc(Cn3cc(C4CCOCC4)cn3)cc2)C(=O)N(C)[C@@H](CC(C)C)C(=O)O[C@H](C)C(=O)N(C)[C@@H](CC(C)C)C(=O)O[C@H](Cc2ccc(Cn3cc(C4CCOCC4)cn3)cc2)C(=O)N(C)[C@@H](CC(C)C)C(=O)O[C@H](C)C(=O)N1C. The Hall–Kier alpha value is -7.46. The smallest absolute Gasteiger partial charge is 0.329 e. The molecule has 8 atom stereocenters. The first-order valence-electron chi connectivity index (χ1n) is 32.9. The lowest BCUT2D eigenvalue weighted by molar-refractivity contribution is -0.176. The van der Waals surface area contributed by atoms with Crippen LogP contribution in [-0.2, 0) is 92.7 Å². The molecule has 4 amide bonds. The molecule has 92 heavy (non-hydrogen) atoms. The second-order valence-electron chi connectivity index (χ2n) is 27.1. The quantitative estimate of drug-likeness (QED) is 0.0678.